The average Bonchev–Trinajstić information content (AvgIpc) is 2.86. The zero-order valence-corrected chi connectivity index (χ0v) is 9.85. The first-order valence-electron chi connectivity index (χ1n) is 6.04. The Morgan fingerprint density at radius 3 is 2.88 bits per heavy atom. The molecule has 2 fully saturated rings. The minimum atomic E-state index is -0.334. The van der Waals surface area contributed by atoms with Gasteiger partial charge in [0.25, 0.3) is 0 Å². The molecule has 94 valence electrons. The van der Waals surface area contributed by atoms with Crippen molar-refractivity contribution in [2.45, 2.75) is 43.4 Å². The van der Waals surface area contributed by atoms with Crippen LogP contribution in [-0.4, -0.2) is 35.0 Å². The Morgan fingerprint density at radius 1 is 1.53 bits per heavy atom. The molecule has 2 atom stereocenters. The van der Waals surface area contributed by atoms with Crippen LogP contribution in [0.2, 0.25) is 0 Å². The fraction of sp³-hybridized carbons (Fsp3) is 0.818. The first-order chi connectivity index (χ1) is 8.23. The van der Waals surface area contributed by atoms with Crippen LogP contribution in [0.25, 0.3) is 0 Å². The Bertz CT molecular complexity index is 397. The molecule has 2 N–H and O–H groups in total. The van der Waals surface area contributed by atoms with E-state index in [1.807, 2.05) is 0 Å². The van der Waals surface area contributed by atoms with Gasteiger partial charge < -0.3 is 19.7 Å². The van der Waals surface area contributed by atoms with Crippen LogP contribution >= 0.6 is 0 Å². The van der Waals surface area contributed by atoms with Crippen molar-refractivity contribution in [3.05, 3.63) is 11.7 Å². The highest BCUT2D eigenvalue weighted by atomic mass is 16.5. The topological polar surface area (TPSA) is 80.4 Å². The predicted molar refractivity (Wildman–Crippen MR) is 58.2 cm³/mol. The van der Waals surface area contributed by atoms with E-state index in [9.17, 15) is 5.11 Å². The van der Waals surface area contributed by atoms with Crippen LogP contribution in [0, 0.1) is 0 Å². The fourth-order valence-corrected chi connectivity index (χ4v) is 2.48. The van der Waals surface area contributed by atoms with Gasteiger partial charge in [0.1, 0.15) is 5.60 Å². The number of methoxy groups -OCH3 is 1. The Hall–Kier alpha value is -0.980. The molecule has 17 heavy (non-hydrogen) atoms. The van der Waals surface area contributed by atoms with E-state index in [2.05, 4.69) is 15.5 Å². The van der Waals surface area contributed by atoms with Crippen molar-refractivity contribution in [3.8, 4) is 0 Å². The van der Waals surface area contributed by atoms with Gasteiger partial charge in [-0.25, -0.2) is 0 Å². The largest absolute Gasteiger partial charge is 0.392 e. The van der Waals surface area contributed by atoms with E-state index in [0.717, 1.165) is 19.3 Å². The van der Waals surface area contributed by atoms with Crippen molar-refractivity contribution in [3.63, 3.8) is 0 Å². The lowest BCUT2D eigenvalue weighted by atomic mass is 9.79. The van der Waals surface area contributed by atoms with Crippen molar-refractivity contribution < 1.29 is 14.4 Å². The zero-order valence-electron chi connectivity index (χ0n) is 9.85. The normalized spacial score (nSPS) is 31.4. The molecule has 0 bridgehead atoms. The summed E-state index contributed by atoms with van der Waals surface area (Å²) in [5.74, 6) is 1.20. The standard InChI is InChI=1S/C11H17N3O3/c1-16-11(3-2-4-11)10-13-9(17-14-10)8-5-7(15)6-12-8/h7-8,12,15H,2-6H2,1H3/t7-,8+/m0/s1. The molecule has 1 aliphatic carbocycles. The molecule has 6 heteroatoms. The molecule has 0 spiro atoms. The van der Waals surface area contributed by atoms with E-state index < -0.39 is 0 Å². The summed E-state index contributed by atoms with van der Waals surface area (Å²) in [6.45, 7) is 0.581. The molecule has 1 aromatic heterocycles. The summed E-state index contributed by atoms with van der Waals surface area (Å²) < 4.78 is 10.8. The Kier molecular flexibility index (Phi) is 2.65. The number of hydrogen-bond donors (Lipinski definition) is 2. The van der Waals surface area contributed by atoms with Gasteiger partial charge in [-0.05, 0) is 25.7 Å². The number of nitrogens with zero attached hydrogens (tertiary/aromatic N) is 2. The number of rotatable bonds is 3. The second-order valence-electron chi connectivity index (χ2n) is 4.86. The van der Waals surface area contributed by atoms with Crippen molar-refractivity contribution in [2.24, 2.45) is 0 Å². The van der Waals surface area contributed by atoms with E-state index >= 15 is 0 Å². The van der Waals surface area contributed by atoms with Crippen LogP contribution < -0.4 is 5.32 Å². The van der Waals surface area contributed by atoms with Crippen LogP contribution in [0.1, 0.15) is 43.4 Å². The lowest BCUT2D eigenvalue weighted by molar-refractivity contribution is -0.0858. The summed E-state index contributed by atoms with van der Waals surface area (Å²) in [4.78, 5) is 4.42. The first kappa shape index (κ1) is 11.1. The molecule has 0 aromatic carbocycles. The van der Waals surface area contributed by atoms with Gasteiger partial charge in [-0.3, -0.25) is 0 Å². The third kappa shape index (κ3) is 1.76. The molecule has 0 amide bonds. The van der Waals surface area contributed by atoms with E-state index in [1.54, 1.807) is 7.11 Å². The molecule has 0 unspecified atom stereocenters. The van der Waals surface area contributed by atoms with Gasteiger partial charge in [0, 0.05) is 13.7 Å². The van der Waals surface area contributed by atoms with Gasteiger partial charge in [0.15, 0.2) is 0 Å². The van der Waals surface area contributed by atoms with Gasteiger partial charge in [-0.1, -0.05) is 5.16 Å². The van der Waals surface area contributed by atoms with Crippen LogP contribution in [-0.2, 0) is 10.3 Å². The predicted octanol–water partition coefficient (Wildman–Crippen LogP) is 0.490. The minimum absolute atomic E-state index is 0.0276. The molecule has 1 saturated heterocycles. The molecule has 3 rings (SSSR count). The average molecular weight is 239 g/mol. The van der Waals surface area contributed by atoms with Crippen LogP contribution in [0.4, 0.5) is 0 Å². The quantitative estimate of drug-likeness (QED) is 0.799. The zero-order chi connectivity index (χ0) is 11.9. The highest BCUT2D eigenvalue weighted by Gasteiger charge is 2.44. The van der Waals surface area contributed by atoms with E-state index in [1.165, 1.54) is 0 Å². The molecule has 2 aliphatic rings. The van der Waals surface area contributed by atoms with E-state index in [0.29, 0.717) is 24.7 Å². The third-order valence-corrected chi connectivity index (χ3v) is 3.81. The third-order valence-electron chi connectivity index (χ3n) is 3.81. The lowest BCUT2D eigenvalue weighted by Gasteiger charge is -2.37. The molecule has 1 aliphatic heterocycles. The highest BCUT2D eigenvalue weighted by Crippen LogP contribution is 2.43. The summed E-state index contributed by atoms with van der Waals surface area (Å²) in [6, 6.07) is -0.0276. The SMILES string of the molecule is COC1(c2noc([C@H]3C[C@H](O)CN3)n2)CCC1. The van der Waals surface area contributed by atoms with Crippen molar-refractivity contribution in [1.82, 2.24) is 15.5 Å². The smallest absolute Gasteiger partial charge is 0.243 e. The summed E-state index contributed by atoms with van der Waals surface area (Å²) in [6.07, 6.45) is 3.34. The number of aliphatic hydroxyl groups is 1. The van der Waals surface area contributed by atoms with Crippen molar-refractivity contribution in [1.29, 1.82) is 0 Å². The maximum Gasteiger partial charge on any atom is 0.243 e. The first-order valence-corrected chi connectivity index (χ1v) is 6.04. The second kappa shape index (κ2) is 4.04. The summed E-state index contributed by atoms with van der Waals surface area (Å²) in [5, 5.41) is 16.6. The highest BCUT2D eigenvalue weighted by molar-refractivity contribution is 5.08. The maximum atomic E-state index is 9.45. The molecule has 6 nitrogen and oxygen atoms in total. The van der Waals surface area contributed by atoms with Gasteiger partial charge >= 0.3 is 0 Å². The van der Waals surface area contributed by atoms with Crippen molar-refractivity contribution in [2.75, 3.05) is 13.7 Å². The van der Waals surface area contributed by atoms with Crippen LogP contribution in [0.3, 0.4) is 0 Å². The van der Waals surface area contributed by atoms with E-state index in [-0.39, 0.29) is 17.7 Å². The molecular formula is C11H17N3O3. The van der Waals surface area contributed by atoms with Gasteiger partial charge in [0.2, 0.25) is 11.7 Å². The Labute approximate surface area is 99.3 Å². The van der Waals surface area contributed by atoms with E-state index in [4.69, 9.17) is 9.26 Å². The molecule has 0 radical (unpaired) electrons. The number of nitrogens with one attached hydrogen (secondary N) is 1. The molecule has 2 heterocycles. The number of hydrogen-bond acceptors (Lipinski definition) is 6. The van der Waals surface area contributed by atoms with Gasteiger partial charge in [0.05, 0.1) is 12.1 Å². The van der Waals surface area contributed by atoms with Crippen LogP contribution in [0.15, 0.2) is 4.52 Å². The fourth-order valence-electron chi connectivity index (χ4n) is 2.48. The number of aliphatic hydroxyl groups excluding tert-OH is 1. The number of ether oxygens (including phenoxy) is 1. The molecule has 1 saturated carbocycles. The van der Waals surface area contributed by atoms with Gasteiger partial charge in [-0.2, -0.15) is 4.98 Å². The molecular weight excluding hydrogens is 222 g/mol. The van der Waals surface area contributed by atoms with Gasteiger partial charge in [-0.15, -0.1) is 0 Å². The minimum Gasteiger partial charge on any atom is -0.392 e. The second-order valence-corrected chi connectivity index (χ2v) is 4.86. The lowest BCUT2D eigenvalue weighted by Crippen LogP contribution is -2.37. The monoisotopic (exact) mass is 239 g/mol. The Morgan fingerprint density at radius 2 is 2.35 bits per heavy atom. The number of β-amino-alcohol motifs (C(OH)–C–C–N with tert-alkyl or cyclic N) is 1. The summed E-state index contributed by atoms with van der Waals surface area (Å²) in [5.41, 5.74) is -0.334. The van der Waals surface area contributed by atoms with Crippen LogP contribution in [0.5, 0.6) is 0 Å². The Balaban J connectivity index is 1.78. The van der Waals surface area contributed by atoms with Crippen molar-refractivity contribution >= 4 is 0 Å². The number of aromatic nitrogens is 2. The molecule has 1 aromatic rings. The summed E-state index contributed by atoms with van der Waals surface area (Å²) >= 11 is 0. The maximum absolute atomic E-state index is 9.45. The summed E-state index contributed by atoms with van der Waals surface area (Å²) in [7, 11) is 1.69.